The van der Waals surface area contributed by atoms with E-state index in [1.807, 2.05) is 0 Å². The molecule has 11 heteroatoms. The molecule has 0 aliphatic carbocycles. The van der Waals surface area contributed by atoms with Crippen molar-refractivity contribution in [3.05, 3.63) is 23.0 Å². The number of aromatic nitrogens is 1. The molecule has 0 atom stereocenters. The summed E-state index contributed by atoms with van der Waals surface area (Å²) in [6.45, 7) is 0. The van der Waals surface area contributed by atoms with Gasteiger partial charge in [0.25, 0.3) is 0 Å². The highest BCUT2D eigenvalue weighted by Gasteiger charge is 2.43. The summed E-state index contributed by atoms with van der Waals surface area (Å²) < 4.78 is 78.9. The Bertz CT molecular complexity index is 543. The lowest BCUT2D eigenvalue weighted by atomic mass is 10.1. The lowest BCUT2D eigenvalue weighted by Gasteiger charge is -2.19. The Morgan fingerprint density at radius 1 is 1.29 bits per heavy atom. The van der Waals surface area contributed by atoms with Crippen molar-refractivity contribution in [3.63, 3.8) is 0 Å². The largest absolute Gasteiger partial charge is 0.573 e. The van der Waals surface area contributed by atoms with Gasteiger partial charge in [0.05, 0.1) is 18.0 Å². The lowest BCUT2D eigenvalue weighted by molar-refractivity contribution is -0.276. The zero-order chi connectivity index (χ0) is 16.4. The number of aliphatic carboxylic acids is 1. The molecule has 0 saturated heterocycles. The van der Waals surface area contributed by atoms with Gasteiger partial charge in [-0.15, -0.1) is 24.8 Å². The predicted octanol–water partition coefficient (Wildman–Crippen LogP) is 3.36. The van der Waals surface area contributed by atoms with Gasteiger partial charge in [0.1, 0.15) is 11.3 Å². The van der Waals surface area contributed by atoms with Gasteiger partial charge < -0.3 is 9.84 Å². The van der Waals surface area contributed by atoms with Crippen LogP contribution in [0.25, 0.3) is 0 Å². The van der Waals surface area contributed by atoms with E-state index in [4.69, 9.17) is 16.7 Å². The fraction of sp³-hybridized carbons (Fsp3) is 0.400. The number of ether oxygens (including phenoxy) is 1. The average Bonchev–Trinajstić information content (AvgIpc) is 2.26. The number of alkyl halides is 7. The van der Waals surface area contributed by atoms with Crippen LogP contribution in [-0.4, -0.2) is 22.4 Å². The quantitative estimate of drug-likeness (QED) is 0.676. The standard InChI is InChI=1S/C10H6ClF6NO3/c11-2-5-7(9(12,13)14)8(21-10(15,16)17)4(3-18-5)1-6(19)20/h3H,1-2H2,(H,19,20). The first-order chi connectivity index (χ1) is 9.45. The number of hydrogen-bond acceptors (Lipinski definition) is 3. The highest BCUT2D eigenvalue weighted by atomic mass is 35.5. The number of halogens is 7. The first kappa shape index (κ1) is 17.3. The number of hydrogen-bond donors (Lipinski definition) is 1. The van der Waals surface area contributed by atoms with E-state index in [9.17, 15) is 31.1 Å². The molecule has 0 aliphatic heterocycles. The van der Waals surface area contributed by atoms with E-state index in [1.165, 1.54) is 0 Å². The number of carboxylic acid groups (broad SMARTS) is 1. The molecule has 0 radical (unpaired) electrons. The molecule has 1 heterocycles. The molecule has 0 aliphatic rings. The molecule has 0 aromatic carbocycles. The first-order valence-corrected chi connectivity index (χ1v) is 5.60. The smallest absolute Gasteiger partial charge is 0.481 e. The third kappa shape index (κ3) is 4.66. The van der Waals surface area contributed by atoms with Gasteiger partial charge in [0.2, 0.25) is 0 Å². The number of rotatable bonds is 4. The summed E-state index contributed by atoms with van der Waals surface area (Å²) in [7, 11) is 0. The Balaban J connectivity index is 3.58. The molecule has 4 nitrogen and oxygen atoms in total. The van der Waals surface area contributed by atoms with Crippen LogP contribution in [0, 0.1) is 0 Å². The van der Waals surface area contributed by atoms with Crippen LogP contribution in [0.4, 0.5) is 26.3 Å². The summed E-state index contributed by atoms with van der Waals surface area (Å²) in [4.78, 5) is 13.8. The highest BCUT2D eigenvalue weighted by Crippen LogP contribution is 2.42. The fourth-order valence-electron chi connectivity index (χ4n) is 1.49. The third-order valence-corrected chi connectivity index (χ3v) is 2.41. The van der Waals surface area contributed by atoms with Crippen LogP contribution < -0.4 is 4.74 Å². The van der Waals surface area contributed by atoms with E-state index in [-0.39, 0.29) is 0 Å². The van der Waals surface area contributed by atoms with Gasteiger partial charge in [0, 0.05) is 11.8 Å². The molecule has 0 fully saturated rings. The number of nitrogens with zero attached hydrogens (tertiary/aromatic N) is 1. The minimum absolute atomic E-state index is 0.558. The molecule has 1 N–H and O–H groups in total. The zero-order valence-corrected chi connectivity index (χ0v) is 10.6. The molecule has 1 aromatic heterocycles. The van der Waals surface area contributed by atoms with E-state index >= 15 is 0 Å². The Labute approximate surface area is 118 Å². The molecule has 0 bridgehead atoms. The third-order valence-electron chi connectivity index (χ3n) is 2.15. The molecule has 0 spiro atoms. The summed E-state index contributed by atoms with van der Waals surface area (Å²) in [6.07, 6.45) is -11.2. The van der Waals surface area contributed by atoms with Crippen LogP contribution in [0.3, 0.4) is 0 Å². The minimum atomic E-state index is -5.43. The molecular weight excluding hydrogens is 332 g/mol. The van der Waals surface area contributed by atoms with Crippen molar-refractivity contribution in [2.24, 2.45) is 0 Å². The predicted molar refractivity (Wildman–Crippen MR) is 56.8 cm³/mol. The first-order valence-electron chi connectivity index (χ1n) is 5.07. The molecule has 0 unspecified atom stereocenters. The summed E-state index contributed by atoms with van der Waals surface area (Å²) in [5.74, 6) is -4.12. The Morgan fingerprint density at radius 3 is 2.24 bits per heavy atom. The zero-order valence-electron chi connectivity index (χ0n) is 9.85. The van der Waals surface area contributed by atoms with Crippen molar-refractivity contribution in [1.82, 2.24) is 4.98 Å². The van der Waals surface area contributed by atoms with Crippen molar-refractivity contribution in [3.8, 4) is 5.75 Å². The summed E-state index contributed by atoms with van der Waals surface area (Å²) in [6, 6.07) is 0. The van der Waals surface area contributed by atoms with Crippen LogP contribution in [-0.2, 0) is 23.3 Å². The van der Waals surface area contributed by atoms with Crippen molar-refractivity contribution in [2.45, 2.75) is 24.8 Å². The monoisotopic (exact) mass is 337 g/mol. The molecule has 0 saturated carbocycles. The normalized spacial score (nSPS) is 12.3. The topological polar surface area (TPSA) is 59.4 Å². The van der Waals surface area contributed by atoms with Crippen LogP contribution in [0.2, 0.25) is 0 Å². The lowest BCUT2D eigenvalue weighted by Crippen LogP contribution is -2.23. The van der Waals surface area contributed by atoms with Crippen molar-refractivity contribution >= 4 is 17.6 Å². The summed E-state index contributed by atoms with van der Waals surface area (Å²) >= 11 is 5.22. The van der Waals surface area contributed by atoms with Crippen molar-refractivity contribution in [2.75, 3.05) is 0 Å². The van der Waals surface area contributed by atoms with E-state index in [1.54, 1.807) is 0 Å². The van der Waals surface area contributed by atoms with E-state index in [0.29, 0.717) is 6.20 Å². The highest BCUT2D eigenvalue weighted by molar-refractivity contribution is 6.17. The molecule has 21 heavy (non-hydrogen) atoms. The molecule has 0 amide bonds. The van der Waals surface area contributed by atoms with Crippen LogP contribution in [0.5, 0.6) is 5.75 Å². The van der Waals surface area contributed by atoms with E-state index in [2.05, 4.69) is 9.72 Å². The maximum atomic E-state index is 12.9. The van der Waals surface area contributed by atoms with Gasteiger partial charge in [-0.1, -0.05) is 0 Å². The van der Waals surface area contributed by atoms with Gasteiger partial charge in [-0.2, -0.15) is 13.2 Å². The van der Waals surface area contributed by atoms with Crippen LogP contribution in [0.15, 0.2) is 6.20 Å². The molecule has 1 rings (SSSR count). The number of carbonyl (C=O) groups is 1. The second-order valence-corrected chi connectivity index (χ2v) is 3.95. The van der Waals surface area contributed by atoms with Crippen LogP contribution >= 0.6 is 11.6 Å². The van der Waals surface area contributed by atoms with Crippen molar-refractivity contribution in [1.29, 1.82) is 0 Å². The van der Waals surface area contributed by atoms with Crippen LogP contribution in [0.1, 0.15) is 16.8 Å². The fourth-order valence-corrected chi connectivity index (χ4v) is 1.69. The van der Waals surface area contributed by atoms with E-state index in [0.717, 1.165) is 0 Å². The Hall–Kier alpha value is -1.71. The Morgan fingerprint density at radius 2 is 1.86 bits per heavy atom. The second-order valence-electron chi connectivity index (χ2n) is 3.68. The van der Waals surface area contributed by atoms with Crippen molar-refractivity contribution < 1.29 is 41.0 Å². The summed E-state index contributed by atoms with van der Waals surface area (Å²) in [5, 5.41) is 8.54. The van der Waals surface area contributed by atoms with Gasteiger partial charge in [0.15, 0.2) is 0 Å². The van der Waals surface area contributed by atoms with Gasteiger partial charge >= 0.3 is 18.5 Å². The molecular formula is C10H6ClF6NO3. The second kappa shape index (κ2) is 5.96. The summed E-state index contributed by atoms with van der Waals surface area (Å²) in [5.41, 5.74) is -3.59. The number of pyridine rings is 1. The molecule has 1 aromatic rings. The number of carboxylic acids is 1. The van der Waals surface area contributed by atoms with Gasteiger partial charge in [-0.25, -0.2) is 0 Å². The van der Waals surface area contributed by atoms with E-state index < -0.39 is 53.4 Å². The van der Waals surface area contributed by atoms with Gasteiger partial charge in [-0.05, 0) is 0 Å². The minimum Gasteiger partial charge on any atom is -0.481 e. The SMILES string of the molecule is O=C(O)Cc1cnc(CCl)c(C(F)(F)F)c1OC(F)(F)F. The maximum Gasteiger partial charge on any atom is 0.573 e. The molecule has 118 valence electrons. The van der Waals surface area contributed by atoms with Gasteiger partial charge in [-0.3, -0.25) is 9.78 Å². The average molecular weight is 338 g/mol. The maximum absolute atomic E-state index is 12.9. The Kier molecular flexibility index (Phi) is 4.92.